The largest absolute Gasteiger partial charge is 0.354 e. The summed E-state index contributed by atoms with van der Waals surface area (Å²) < 4.78 is 29.2. The molecular weight excluding hydrogens is 588 g/mol. The zero-order valence-electron chi connectivity index (χ0n) is 24.8. The minimum atomic E-state index is -3.93. The van der Waals surface area contributed by atoms with E-state index in [1.807, 2.05) is 54.6 Å². The van der Waals surface area contributed by atoms with Crippen molar-refractivity contribution >= 4 is 55.9 Å². The van der Waals surface area contributed by atoms with Gasteiger partial charge < -0.3 is 20.9 Å². The van der Waals surface area contributed by atoms with Gasteiger partial charge in [0.1, 0.15) is 0 Å². The first-order valence-corrected chi connectivity index (χ1v) is 16.2. The van der Waals surface area contributed by atoms with Crippen LogP contribution in [0.5, 0.6) is 0 Å². The maximum Gasteiger partial charge on any atom is 0.261 e. The van der Waals surface area contributed by atoms with Gasteiger partial charge in [0, 0.05) is 61.5 Å². The van der Waals surface area contributed by atoms with Gasteiger partial charge in [0.2, 0.25) is 5.91 Å². The standard InChI is InChI=1S/C34H34N6O4S/c1-39(31(41)23-40-20-18-35-19-21-40)27-14-12-25(13-15-27)36-33(24-8-4-2-5-9-24)32-29-22-28(16-17-30(29)37-34(32)42)45(43,44)38-26-10-6-3-7-11-26/h2-17,22,35-36,38H,18-21,23H2,1H3,(H,37,42). The first-order valence-electron chi connectivity index (χ1n) is 14.7. The van der Waals surface area contributed by atoms with Crippen LogP contribution in [-0.4, -0.2) is 64.9 Å². The molecule has 2 amide bonds. The van der Waals surface area contributed by atoms with Gasteiger partial charge in [-0.05, 0) is 60.2 Å². The summed E-state index contributed by atoms with van der Waals surface area (Å²) >= 11 is 0. The number of anilines is 4. The Morgan fingerprint density at radius 2 is 1.53 bits per heavy atom. The predicted octanol–water partition coefficient (Wildman–Crippen LogP) is 4.29. The van der Waals surface area contributed by atoms with Crippen LogP contribution in [0, 0.1) is 0 Å². The van der Waals surface area contributed by atoms with Gasteiger partial charge in [-0.2, -0.15) is 0 Å². The number of benzene rings is 4. The molecule has 6 rings (SSSR count). The van der Waals surface area contributed by atoms with Gasteiger partial charge >= 0.3 is 0 Å². The minimum absolute atomic E-state index is 0.0106. The van der Waals surface area contributed by atoms with Gasteiger partial charge in [0.25, 0.3) is 15.9 Å². The lowest BCUT2D eigenvalue weighted by molar-refractivity contribution is -0.119. The molecule has 2 aliphatic rings. The quantitative estimate of drug-likeness (QED) is 0.206. The van der Waals surface area contributed by atoms with Crippen molar-refractivity contribution in [1.82, 2.24) is 10.2 Å². The Bertz CT molecular complexity index is 1840. The van der Waals surface area contributed by atoms with E-state index in [0.717, 1.165) is 37.4 Å². The molecular formula is C34H34N6O4S. The number of para-hydroxylation sites is 1. The van der Waals surface area contributed by atoms with Crippen molar-refractivity contribution in [2.45, 2.75) is 4.90 Å². The minimum Gasteiger partial charge on any atom is -0.354 e. The van der Waals surface area contributed by atoms with Crippen molar-refractivity contribution in [3.8, 4) is 0 Å². The Morgan fingerprint density at radius 1 is 0.867 bits per heavy atom. The third-order valence-corrected chi connectivity index (χ3v) is 9.23. The number of nitrogens with one attached hydrogen (secondary N) is 4. The number of hydrogen-bond acceptors (Lipinski definition) is 7. The molecule has 0 bridgehead atoms. The number of likely N-dealkylation sites (N-methyl/N-ethyl adjacent to an activating group) is 1. The third kappa shape index (κ3) is 6.75. The summed E-state index contributed by atoms with van der Waals surface area (Å²) in [5, 5.41) is 9.58. The van der Waals surface area contributed by atoms with Crippen molar-refractivity contribution in [3.63, 3.8) is 0 Å². The van der Waals surface area contributed by atoms with Crippen LogP contribution in [-0.2, 0) is 19.6 Å². The molecule has 11 heteroatoms. The Hall–Kier alpha value is -4.97. The number of hydrogen-bond donors (Lipinski definition) is 4. The van der Waals surface area contributed by atoms with Crippen LogP contribution in [0.15, 0.2) is 108 Å². The SMILES string of the molecule is CN(C(=O)CN1CCNCC1)c1ccc(NC(=C2C(=O)Nc3ccc(S(=O)(=O)Nc4ccccc4)cc32)c2ccccc2)cc1. The Balaban J connectivity index is 1.31. The number of rotatable bonds is 9. The van der Waals surface area contributed by atoms with E-state index in [4.69, 9.17) is 0 Å². The Labute approximate surface area is 262 Å². The molecule has 0 spiro atoms. The van der Waals surface area contributed by atoms with Gasteiger partial charge in [0.05, 0.1) is 22.7 Å². The van der Waals surface area contributed by atoms with Crippen LogP contribution in [0.3, 0.4) is 0 Å². The molecule has 2 heterocycles. The number of sulfonamides is 1. The van der Waals surface area contributed by atoms with E-state index in [9.17, 15) is 18.0 Å². The normalized spacial score (nSPS) is 16.0. The second-order valence-electron chi connectivity index (χ2n) is 10.9. The fourth-order valence-corrected chi connectivity index (χ4v) is 6.47. The second-order valence-corrected chi connectivity index (χ2v) is 12.6. The lowest BCUT2D eigenvalue weighted by atomic mass is 10.00. The summed E-state index contributed by atoms with van der Waals surface area (Å²) in [6.07, 6.45) is 0. The van der Waals surface area contributed by atoms with Crippen LogP contribution >= 0.6 is 0 Å². The molecule has 1 fully saturated rings. The summed E-state index contributed by atoms with van der Waals surface area (Å²) in [6.45, 7) is 3.79. The van der Waals surface area contributed by atoms with Crippen LogP contribution in [0.2, 0.25) is 0 Å². The molecule has 2 aliphatic heterocycles. The van der Waals surface area contributed by atoms with Crippen LogP contribution in [0.4, 0.5) is 22.7 Å². The Morgan fingerprint density at radius 3 is 2.22 bits per heavy atom. The number of amides is 2. The van der Waals surface area contributed by atoms with Crippen molar-refractivity contribution in [3.05, 3.63) is 114 Å². The van der Waals surface area contributed by atoms with Gasteiger partial charge in [-0.25, -0.2) is 8.42 Å². The smallest absolute Gasteiger partial charge is 0.261 e. The molecule has 4 N–H and O–H groups in total. The summed E-state index contributed by atoms with van der Waals surface area (Å²) in [5.74, 6) is -0.340. The molecule has 45 heavy (non-hydrogen) atoms. The van der Waals surface area contributed by atoms with E-state index >= 15 is 0 Å². The molecule has 4 aromatic carbocycles. The monoisotopic (exact) mass is 622 g/mol. The van der Waals surface area contributed by atoms with Crippen LogP contribution in [0.25, 0.3) is 11.3 Å². The van der Waals surface area contributed by atoms with E-state index in [1.165, 1.54) is 12.1 Å². The highest BCUT2D eigenvalue weighted by Crippen LogP contribution is 2.39. The molecule has 0 saturated carbocycles. The van der Waals surface area contributed by atoms with Gasteiger partial charge in [0.15, 0.2) is 0 Å². The summed E-state index contributed by atoms with van der Waals surface area (Å²) in [6, 6.07) is 30.0. The van der Waals surface area contributed by atoms with E-state index in [1.54, 1.807) is 48.3 Å². The molecule has 0 unspecified atom stereocenters. The molecule has 0 aliphatic carbocycles. The molecule has 10 nitrogen and oxygen atoms in total. The third-order valence-electron chi connectivity index (χ3n) is 7.85. The topological polar surface area (TPSA) is 123 Å². The lowest BCUT2D eigenvalue weighted by Gasteiger charge is -2.28. The van der Waals surface area contributed by atoms with Gasteiger partial charge in [-0.3, -0.25) is 19.2 Å². The second kappa shape index (κ2) is 12.9. The zero-order valence-corrected chi connectivity index (χ0v) is 25.6. The fraction of sp³-hybridized carbons (Fsp3) is 0.176. The first-order chi connectivity index (χ1) is 21.8. The van der Waals surface area contributed by atoms with E-state index in [0.29, 0.717) is 40.4 Å². The highest BCUT2D eigenvalue weighted by atomic mass is 32.2. The molecule has 1 saturated heterocycles. The summed E-state index contributed by atoms with van der Waals surface area (Å²) in [5.41, 5.74) is 4.46. The highest BCUT2D eigenvalue weighted by Gasteiger charge is 2.30. The average Bonchev–Trinajstić information content (AvgIpc) is 3.39. The fourth-order valence-electron chi connectivity index (χ4n) is 5.39. The molecule has 4 aromatic rings. The summed E-state index contributed by atoms with van der Waals surface area (Å²) in [7, 11) is -2.16. The molecule has 0 radical (unpaired) electrons. The summed E-state index contributed by atoms with van der Waals surface area (Å²) in [4.78, 5) is 30.2. The van der Waals surface area contributed by atoms with Crippen LogP contribution in [0.1, 0.15) is 11.1 Å². The number of carbonyl (C=O) groups is 2. The molecule has 230 valence electrons. The van der Waals surface area contributed by atoms with Crippen molar-refractivity contribution in [2.24, 2.45) is 0 Å². The first kappa shape index (κ1) is 30.1. The predicted molar refractivity (Wildman–Crippen MR) is 178 cm³/mol. The van der Waals surface area contributed by atoms with Crippen molar-refractivity contribution in [2.75, 3.05) is 60.0 Å². The highest BCUT2D eigenvalue weighted by molar-refractivity contribution is 7.92. The number of piperazine rings is 1. The maximum absolute atomic E-state index is 13.4. The van der Waals surface area contributed by atoms with Crippen molar-refractivity contribution in [1.29, 1.82) is 0 Å². The Kier molecular flexibility index (Phi) is 8.65. The van der Waals surface area contributed by atoms with Crippen molar-refractivity contribution < 1.29 is 18.0 Å². The van der Waals surface area contributed by atoms with E-state index in [-0.39, 0.29) is 16.7 Å². The molecule has 0 aromatic heterocycles. The lowest BCUT2D eigenvalue weighted by Crippen LogP contribution is -2.47. The van der Waals surface area contributed by atoms with Gasteiger partial charge in [-0.1, -0.05) is 48.5 Å². The average molecular weight is 623 g/mol. The van der Waals surface area contributed by atoms with E-state index in [2.05, 4.69) is 25.6 Å². The molecule has 0 atom stereocenters. The zero-order chi connectivity index (χ0) is 31.4. The number of fused-ring (bicyclic) bond motifs is 1. The van der Waals surface area contributed by atoms with Gasteiger partial charge in [-0.15, -0.1) is 0 Å². The number of carbonyl (C=O) groups excluding carboxylic acids is 2. The van der Waals surface area contributed by atoms with E-state index < -0.39 is 10.0 Å². The van der Waals surface area contributed by atoms with Crippen LogP contribution < -0.4 is 25.6 Å². The maximum atomic E-state index is 13.4. The number of nitrogens with zero attached hydrogens (tertiary/aromatic N) is 2.